The van der Waals surface area contributed by atoms with Crippen LogP contribution in [0.25, 0.3) is 0 Å². The van der Waals surface area contributed by atoms with Crippen molar-refractivity contribution in [2.45, 2.75) is 6.67 Å². The van der Waals surface area contributed by atoms with E-state index in [0.29, 0.717) is 10.8 Å². The third kappa shape index (κ3) is 2.27. The number of hydrogen-bond acceptors (Lipinski definition) is 3. The number of nitrogens with zero attached hydrogens (tertiary/aromatic N) is 2. The Bertz CT molecular complexity index is 443. The Morgan fingerprint density at radius 3 is 2.64 bits per heavy atom. The van der Waals surface area contributed by atoms with Gasteiger partial charge in [-0.1, -0.05) is 0 Å². The van der Waals surface area contributed by atoms with E-state index in [0.717, 1.165) is 0 Å². The molecule has 0 fully saturated rings. The van der Waals surface area contributed by atoms with E-state index in [1.165, 1.54) is 14.1 Å². The fourth-order valence-corrected chi connectivity index (χ4v) is 0.955. The monoisotopic (exact) mass is 203 g/mol. The Labute approximate surface area is 78.4 Å². The molecule has 0 saturated carbocycles. The molecule has 1 aromatic heterocycles. The minimum Gasteiger partial charge on any atom is -0.632 e. The maximum absolute atomic E-state index is 12.7. The smallest absolute Gasteiger partial charge is 0.333 e. The largest absolute Gasteiger partial charge is 0.632 e. The van der Waals surface area contributed by atoms with Crippen molar-refractivity contribution < 1.29 is 9.04 Å². The number of aromatic amines is 1. The lowest BCUT2D eigenvalue weighted by Crippen LogP contribution is -2.45. The van der Waals surface area contributed by atoms with Crippen LogP contribution in [0.2, 0.25) is 0 Å². The zero-order valence-electron chi connectivity index (χ0n) is 7.78. The van der Waals surface area contributed by atoms with Crippen molar-refractivity contribution in [1.82, 2.24) is 9.55 Å². The van der Waals surface area contributed by atoms with Crippen LogP contribution in [-0.4, -0.2) is 28.3 Å². The summed E-state index contributed by atoms with van der Waals surface area (Å²) in [6, 6.07) is 0. The molecule has 0 spiro atoms. The van der Waals surface area contributed by atoms with Crippen LogP contribution in [0.1, 0.15) is 0 Å². The number of H-pyrrole nitrogens is 1. The zero-order valence-corrected chi connectivity index (χ0v) is 7.78. The molecular formula is C7H10FN3O3. The molecule has 0 aliphatic rings. The molecule has 6 nitrogen and oxygen atoms in total. The van der Waals surface area contributed by atoms with Crippen molar-refractivity contribution in [3.05, 3.63) is 38.1 Å². The van der Waals surface area contributed by atoms with Gasteiger partial charge in [-0.3, -0.25) is 4.79 Å². The van der Waals surface area contributed by atoms with E-state index in [-0.39, 0.29) is 0 Å². The quantitative estimate of drug-likeness (QED) is 0.505. The Hall–Kier alpha value is -1.47. The molecule has 0 aliphatic heterocycles. The van der Waals surface area contributed by atoms with Gasteiger partial charge in [-0.15, -0.1) is 0 Å². The predicted molar refractivity (Wildman–Crippen MR) is 46.8 cm³/mol. The van der Waals surface area contributed by atoms with E-state index < -0.39 is 28.4 Å². The summed E-state index contributed by atoms with van der Waals surface area (Å²) in [5.41, 5.74) is -1.88. The highest BCUT2D eigenvalue weighted by Gasteiger charge is 2.11. The number of aromatic nitrogens is 2. The Balaban J connectivity index is 3.28. The van der Waals surface area contributed by atoms with Gasteiger partial charge in [-0.05, 0) is 0 Å². The summed E-state index contributed by atoms with van der Waals surface area (Å²) < 4.78 is 12.4. The second-order valence-electron chi connectivity index (χ2n) is 3.39. The Kier molecular flexibility index (Phi) is 2.54. The van der Waals surface area contributed by atoms with Crippen molar-refractivity contribution >= 4 is 0 Å². The van der Waals surface area contributed by atoms with Crippen LogP contribution in [0, 0.1) is 11.0 Å². The molecule has 0 aromatic carbocycles. The van der Waals surface area contributed by atoms with Crippen molar-refractivity contribution in [2.24, 2.45) is 0 Å². The van der Waals surface area contributed by atoms with Crippen molar-refractivity contribution in [3.63, 3.8) is 0 Å². The molecule has 0 saturated heterocycles. The van der Waals surface area contributed by atoms with Gasteiger partial charge in [0.1, 0.15) is 0 Å². The highest BCUT2D eigenvalue weighted by molar-refractivity contribution is 4.86. The van der Waals surface area contributed by atoms with Gasteiger partial charge in [0.25, 0.3) is 5.56 Å². The molecule has 14 heavy (non-hydrogen) atoms. The van der Waals surface area contributed by atoms with Crippen molar-refractivity contribution in [1.29, 1.82) is 0 Å². The minimum absolute atomic E-state index is 0.425. The van der Waals surface area contributed by atoms with Crippen LogP contribution in [0.4, 0.5) is 4.39 Å². The zero-order chi connectivity index (χ0) is 10.9. The summed E-state index contributed by atoms with van der Waals surface area (Å²) in [6.45, 7) is -0.425. The van der Waals surface area contributed by atoms with Gasteiger partial charge in [-0.25, -0.2) is 9.36 Å². The number of hydroxylamine groups is 3. The van der Waals surface area contributed by atoms with E-state index >= 15 is 0 Å². The van der Waals surface area contributed by atoms with Crippen molar-refractivity contribution in [2.75, 3.05) is 14.1 Å². The molecule has 0 amide bonds. The number of nitrogens with one attached hydrogen (secondary N) is 1. The van der Waals surface area contributed by atoms with E-state index in [4.69, 9.17) is 0 Å². The van der Waals surface area contributed by atoms with Gasteiger partial charge in [-0.2, -0.15) is 4.39 Å². The second-order valence-corrected chi connectivity index (χ2v) is 3.39. The minimum atomic E-state index is -1.09. The van der Waals surface area contributed by atoms with Crippen molar-refractivity contribution in [3.8, 4) is 0 Å². The van der Waals surface area contributed by atoms with Crippen LogP contribution in [0.15, 0.2) is 15.8 Å². The molecule has 0 unspecified atom stereocenters. The SMILES string of the molecule is C[N+](C)([O-])Cn1c(=O)[nH]cc(F)c1=O. The Morgan fingerprint density at radius 2 is 2.14 bits per heavy atom. The molecule has 78 valence electrons. The molecule has 0 aliphatic carbocycles. The molecule has 1 aromatic rings. The maximum Gasteiger partial charge on any atom is 0.333 e. The van der Waals surface area contributed by atoms with Gasteiger partial charge in [0.15, 0.2) is 6.67 Å². The average Bonchev–Trinajstić information content (AvgIpc) is 2.04. The molecule has 0 atom stereocenters. The summed E-state index contributed by atoms with van der Waals surface area (Å²) >= 11 is 0. The summed E-state index contributed by atoms with van der Waals surface area (Å²) in [7, 11) is 2.49. The molecular weight excluding hydrogens is 193 g/mol. The topological polar surface area (TPSA) is 77.9 Å². The first-order valence-corrected chi connectivity index (χ1v) is 3.83. The van der Waals surface area contributed by atoms with E-state index in [9.17, 15) is 19.2 Å². The highest BCUT2D eigenvalue weighted by Crippen LogP contribution is 1.93. The van der Waals surface area contributed by atoms with E-state index in [2.05, 4.69) is 0 Å². The summed E-state index contributed by atoms with van der Waals surface area (Å²) in [5.74, 6) is -1.09. The van der Waals surface area contributed by atoms with Crippen LogP contribution >= 0.6 is 0 Å². The normalized spacial score (nSPS) is 11.7. The first-order chi connectivity index (χ1) is 6.31. The molecule has 7 heteroatoms. The summed E-state index contributed by atoms with van der Waals surface area (Å²) in [4.78, 5) is 24.2. The molecule has 0 radical (unpaired) electrons. The van der Waals surface area contributed by atoms with Gasteiger partial charge < -0.3 is 14.8 Å². The first kappa shape index (κ1) is 10.6. The van der Waals surface area contributed by atoms with E-state index in [1.54, 1.807) is 0 Å². The Morgan fingerprint density at radius 1 is 1.57 bits per heavy atom. The fourth-order valence-electron chi connectivity index (χ4n) is 0.955. The first-order valence-electron chi connectivity index (χ1n) is 3.83. The van der Waals surface area contributed by atoms with Crippen LogP contribution in [0.5, 0.6) is 0 Å². The lowest BCUT2D eigenvalue weighted by Gasteiger charge is -2.33. The maximum atomic E-state index is 12.7. The number of halogens is 1. The van der Waals surface area contributed by atoms with Crippen LogP contribution in [-0.2, 0) is 6.67 Å². The number of rotatable bonds is 2. The summed E-state index contributed by atoms with van der Waals surface area (Å²) in [6.07, 6.45) is 0.673. The van der Waals surface area contributed by atoms with Gasteiger partial charge in [0, 0.05) is 6.20 Å². The second kappa shape index (κ2) is 3.35. The number of quaternary nitrogens is 1. The van der Waals surface area contributed by atoms with Gasteiger partial charge in [0.2, 0.25) is 5.82 Å². The molecule has 1 N–H and O–H groups in total. The van der Waals surface area contributed by atoms with Gasteiger partial charge in [0.05, 0.1) is 14.1 Å². The average molecular weight is 203 g/mol. The third-order valence-corrected chi connectivity index (χ3v) is 1.50. The van der Waals surface area contributed by atoms with Gasteiger partial charge >= 0.3 is 5.69 Å². The number of hydrogen-bond donors (Lipinski definition) is 1. The molecule has 0 bridgehead atoms. The predicted octanol–water partition coefficient (Wildman–Crippen LogP) is -0.793. The standard InChI is InChI=1S/C7H10FN3O3/c1-11(2,14)4-10-6(12)5(8)3-9-7(10)13/h3H,4H2,1-2H3,(H,9,13). The fraction of sp³-hybridized carbons (Fsp3) is 0.429. The summed E-state index contributed by atoms with van der Waals surface area (Å²) in [5, 5.41) is 11.2. The molecule has 1 rings (SSSR count). The lowest BCUT2D eigenvalue weighted by molar-refractivity contribution is -0.863. The molecule has 1 heterocycles. The van der Waals surface area contributed by atoms with E-state index in [1.807, 2.05) is 4.98 Å². The van der Waals surface area contributed by atoms with Crippen LogP contribution < -0.4 is 11.2 Å². The lowest BCUT2D eigenvalue weighted by atomic mass is 10.6. The van der Waals surface area contributed by atoms with Crippen LogP contribution in [0.3, 0.4) is 0 Å². The third-order valence-electron chi connectivity index (χ3n) is 1.50. The highest BCUT2D eigenvalue weighted by atomic mass is 19.1.